The number of benzene rings is 1. The van der Waals surface area contributed by atoms with Crippen LogP contribution in [0.2, 0.25) is 0 Å². The molecule has 0 fully saturated rings. The SMILES string of the molecule is CCCCC(=O)O[C@@H](C)c1nnc(-c2ccc([N+](=O)[O-])cc2)o1. The lowest BCUT2D eigenvalue weighted by atomic mass is 10.2. The molecule has 0 spiro atoms. The molecular formula is C15H17N3O5. The number of ether oxygens (including phenoxy) is 1. The Bertz CT molecular complexity index is 681. The molecule has 0 amide bonds. The number of hydrogen-bond acceptors (Lipinski definition) is 7. The molecule has 2 aromatic rings. The second kappa shape index (κ2) is 7.48. The average molecular weight is 319 g/mol. The van der Waals surface area contributed by atoms with Crippen LogP contribution in [0.4, 0.5) is 5.69 Å². The third-order valence-electron chi connectivity index (χ3n) is 3.16. The number of carbonyl (C=O) groups excluding carboxylic acids is 1. The first-order chi connectivity index (χ1) is 11.0. The Hall–Kier alpha value is -2.77. The van der Waals surface area contributed by atoms with E-state index in [4.69, 9.17) is 9.15 Å². The van der Waals surface area contributed by atoms with Crippen LogP contribution in [0.3, 0.4) is 0 Å². The third kappa shape index (κ3) is 4.35. The Morgan fingerprint density at radius 1 is 1.35 bits per heavy atom. The number of hydrogen-bond donors (Lipinski definition) is 0. The molecule has 8 nitrogen and oxygen atoms in total. The van der Waals surface area contributed by atoms with E-state index in [9.17, 15) is 14.9 Å². The van der Waals surface area contributed by atoms with E-state index < -0.39 is 11.0 Å². The van der Waals surface area contributed by atoms with Gasteiger partial charge in [-0.15, -0.1) is 10.2 Å². The molecule has 23 heavy (non-hydrogen) atoms. The summed E-state index contributed by atoms with van der Waals surface area (Å²) in [5, 5.41) is 18.4. The Morgan fingerprint density at radius 3 is 2.65 bits per heavy atom. The molecule has 0 unspecified atom stereocenters. The summed E-state index contributed by atoms with van der Waals surface area (Å²) in [6.45, 7) is 3.64. The van der Waals surface area contributed by atoms with Gasteiger partial charge < -0.3 is 9.15 Å². The second-order valence-corrected chi connectivity index (χ2v) is 4.99. The zero-order valence-electron chi connectivity index (χ0n) is 12.9. The lowest BCUT2D eigenvalue weighted by Gasteiger charge is -2.08. The first-order valence-electron chi connectivity index (χ1n) is 7.29. The molecule has 8 heteroatoms. The number of esters is 1. The van der Waals surface area contributed by atoms with Gasteiger partial charge in [-0.2, -0.15) is 0 Å². The van der Waals surface area contributed by atoms with Gasteiger partial charge in [0.1, 0.15) is 0 Å². The van der Waals surface area contributed by atoms with E-state index in [0.717, 1.165) is 12.8 Å². The summed E-state index contributed by atoms with van der Waals surface area (Å²) in [4.78, 5) is 21.7. The van der Waals surface area contributed by atoms with Gasteiger partial charge in [0.15, 0.2) is 6.10 Å². The molecule has 0 aliphatic carbocycles. The summed E-state index contributed by atoms with van der Waals surface area (Å²) in [7, 11) is 0. The maximum absolute atomic E-state index is 11.6. The number of unbranched alkanes of at least 4 members (excludes halogenated alkanes) is 1. The van der Waals surface area contributed by atoms with Gasteiger partial charge in [-0.25, -0.2) is 0 Å². The van der Waals surface area contributed by atoms with Crippen LogP contribution in [0.5, 0.6) is 0 Å². The quantitative estimate of drug-likeness (QED) is 0.437. The van der Waals surface area contributed by atoms with Crippen LogP contribution in [0.25, 0.3) is 11.5 Å². The molecule has 122 valence electrons. The molecule has 2 rings (SSSR count). The van der Waals surface area contributed by atoms with E-state index in [1.165, 1.54) is 24.3 Å². The van der Waals surface area contributed by atoms with Gasteiger partial charge >= 0.3 is 5.97 Å². The molecule has 0 N–H and O–H groups in total. The Morgan fingerprint density at radius 2 is 2.04 bits per heavy atom. The molecule has 0 aliphatic rings. The van der Waals surface area contributed by atoms with Gasteiger partial charge in [-0.3, -0.25) is 14.9 Å². The predicted octanol–water partition coefficient (Wildman–Crippen LogP) is 3.44. The van der Waals surface area contributed by atoms with Crippen LogP contribution in [-0.2, 0) is 9.53 Å². The summed E-state index contributed by atoms with van der Waals surface area (Å²) in [6, 6.07) is 5.75. The summed E-state index contributed by atoms with van der Waals surface area (Å²) in [6.07, 6.45) is 1.39. The molecule has 1 heterocycles. The minimum absolute atomic E-state index is 0.0216. The number of nitro benzene ring substituents is 1. The zero-order valence-corrected chi connectivity index (χ0v) is 12.9. The van der Waals surface area contributed by atoms with Crippen molar-refractivity contribution in [2.24, 2.45) is 0 Å². The van der Waals surface area contributed by atoms with E-state index in [-0.39, 0.29) is 23.4 Å². The van der Waals surface area contributed by atoms with Crippen LogP contribution < -0.4 is 0 Å². The van der Waals surface area contributed by atoms with E-state index in [1.807, 2.05) is 6.92 Å². The normalized spacial score (nSPS) is 11.9. The second-order valence-electron chi connectivity index (χ2n) is 4.99. The number of non-ortho nitro benzene ring substituents is 1. The average Bonchev–Trinajstić information content (AvgIpc) is 3.03. The Balaban J connectivity index is 2.04. The van der Waals surface area contributed by atoms with Crippen LogP contribution in [0.15, 0.2) is 28.7 Å². The minimum Gasteiger partial charge on any atom is -0.453 e. The maximum Gasteiger partial charge on any atom is 0.306 e. The molecule has 0 bridgehead atoms. The number of rotatable bonds is 7. The van der Waals surface area contributed by atoms with Crippen molar-refractivity contribution in [1.29, 1.82) is 0 Å². The van der Waals surface area contributed by atoms with Crippen molar-refractivity contribution in [3.05, 3.63) is 40.3 Å². The van der Waals surface area contributed by atoms with Crippen molar-refractivity contribution in [3.63, 3.8) is 0 Å². The van der Waals surface area contributed by atoms with Gasteiger partial charge in [0.2, 0.25) is 5.89 Å². The van der Waals surface area contributed by atoms with Crippen LogP contribution in [-0.4, -0.2) is 21.1 Å². The molecule has 0 radical (unpaired) electrons. The van der Waals surface area contributed by atoms with E-state index >= 15 is 0 Å². The van der Waals surface area contributed by atoms with Gasteiger partial charge in [-0.1, -0.05) is 13.3 Å². The van der Waals surface area contributed by atoms with Crippen molar-refractivity contribution in [1.82, 2.24) is 10.2 Å². The molecular weight excluding hydrogens is 302 g/mol. The van der Waals surface area contributed by atoms with Crippen LogP contribution in [0, 0.1) is 10.1 Å². The van der Waals surface area contributed by atoms with Gasteiger partial charge in [0.05, 0.1) is 4.92 Å². The molecule has 1 aromatic heterocycles. The van der Waals surface area contributed by atoms with Crippen molar-refractivity contribution in [2.45, 2.75) is 39.2 Å². The van der Waals surface area contributed by atoms with E-state index in [2.05, 4.69) is 10.2 Å². The largest absolute Gasteiger partial charge is 0.453 e. The van der Waals surface area contributed by atoms with Gasteiger partial charge in [0.25, 0.3) is 11.6 Å². The zero-order chi connectivity index (χ0) is 16.8. The number of carbonyl (C=O) groups is 1. The fraction of sp³-hybridized carbons (Fsp3) is 0.400. The van der Waals surface area contributed by atoms with Crippen molar-refractivity contribution in [2.75, 3.05) is 0 Å². The molecule has 1 aromatic carbocycles. The lowest BCUT2D eigenvalue weighted by Crippen LogP contribution is -2.08. The summed E-state index contributed by atoms with van der Waals surface area (Å²) >= 11 is 0. The van der Waals surface area contributed by atoms with E-state index in [0.29, 0.717) is 12.0 Å². The highest BCUT2D eigenvalue weighted by Gasteiger charge is 2.19. The molecule has 0 aliphatic heterocycles. The minimum atomic E-state index is -0.640. The van der Waals surface area contributed by atoms with Gasteiger partial charge in [0, 0.05) is 24.1 Å². The fourth-order valence-corrected chi connectivity index (χ4v) is 1.87. The summed E-state index contributed by atoms with van der Waals surface area (Å²) in [5.41, 5.74) is 0.533. The number of nitro groups is 1. The standard InChI is InChI=1S/C15H17N3O5/c1-3-4-5-13(19)22-10(2)14-16-17-15(23-14)11-6-8-12(9-7-11)18(20)21/h6-10H,3-5H2,1-2H3/t10-/m0/s1. The molecule has 1 atom stereocenters. The number of aromatic nitrogens is 2. The Labute approximate surface area is 132 Å². The van der Waals surface area contributed by atoms with Crippen molar-refractivity contribution in [3.8, 4) is 11.5 Å². The highest BCUT2D eigenvalue weighted by Crippen LogP contribution is 2.24. The fourth-order valence-electron chi connectivity index (χ4n) is 1.87. The maximum atomic E-state index is 11.6. The highest BCUT2D eigenvalue weighted by molar-refractivity contribution is 5.69. The molecule has 0 saturated carbocycles. The smallest absolute Gasteiger partial charge is 0.306 e. The molecule has 0 saturated heterocycles. The Kier molecular flexibility index (Phi) is 5.40. The summed E-state index contributed by atoms with van der Waals surface area (Å²) in [5.74, 6) is 0.0870. The third-order valence-corrected chi connectivity index (χ3v) is 3.16. The van der Waals surface area contributed by atoms with E-state index in [1.54, 1.807) is 6.92 Å². The first-order valence-corrected chi connectivity index (χ1v) is 7.29. The van der Waals surface area contributed by atoms with Crippen molar-refractivity contribution < 1.29 is 18.9 Å². The highest BCUT2D eigenvalue weighted by atomic mass is 16.6. The predicted molar refractivity (Wildman–Crippen MR) is 80.4 cm³/mol. The summed E-state index contributed by atoms with van der Waals surface area (Å²) < 4.78 is 10.7. The van der Waals surface area contributed by atoms with Crippen molar-refractivity contribution >= 4 is 11.7 Å². The number of nitrogens with zero attached hydrogens (tertiary/aromatic N) is 3. The monoisotopic (exact) mass is 319 g/mol. The lowest BCUT2D eigenvalue weighted by molar-refractivity contribution is -0.384. The first kappa shape index (κ1) is 16.6. The van der Waals surface area contributed by atoms with Gasteiger partial charge in [-0.05, 0) is 25.5 Å². The topological polar surface area (TPSA) is 108 Å². The van der Waals surface area contributed by atoms with Crippen LogP contribution in [0.1, 0.15) is 45.1 Å². The van der Waals surface area contributed by atoms with Crippen LogP contribution >= 0.6 is 0 Å².